The van der Waals surface area contributed by atoms with Gasteiger partial charge in [-0.1, -0.05) is 23.7 Å². The smallest absolute Gasteiger partial charge is 0.300 e. The minimum atomic E-state index is -0.570. The molecule has 188 valence electrons. The zero-order valence-electron chi connectivity index (χ0n) is 19.4. The Morgan fingerprint density at radius 2 is 1.81 bits per heavy atom. The normalized spacial score (nSPS) is 11.1. The van der Waals surface area contributed by atoms with E-state index < -0.39 is 18.1 Å². The van der Waals surface area contributed by atoms with Crippen molar-refractivity contribution < 1.29 is 13.5 Å². The number of fused-ring (bicyclic) bond motifs is 1. The number of imidazole rings is 1. The van der Waals surface area contributed by atoms with Gasteiger partial charge in [-0.15, -0.1) is 0 Å². The fraction of sp³-hybridized carbons (Fsp3) is 0.154. The van der Waals surface area contributed by atoms with E-state index in [0.717, 1.165) is 5.56 Å². The fourth-order valence-electron chi connectivity index (χ4n) is 3.81. The van der Waals surface area contributed by atoms with Gasteiger partial charge < -0.3 is 14.6 Å². The van der Waals surface area contributed by atoms with Gasteiger partial charge in [-0.3, -0.25) is 13.8 Å². The molecule has 0 atom stereocenters. The van der Waals surface area contributed by atoms with E-state index in [1.54, 1.807) is 45.5 Å². The molecular weight excluding hydrogens is 502 g/mol. The second-order valence-electron chi connectivity index (χ2n) is 8.15. The third kappa shape index (κ3) is 5.44. The molecule has 0 spiro atoms. The highest BCUT2D eigenvalue weighted by Gasteiger charge is 2.17. The number of anilines is 2. The Balaban J connectivity index is 1.49. The number of benzene rings is 2. The average molecular weight is 523 g/mol. The minimum absolute atomic E-state index is 0.129. The number of hydrogen-bond acceptors (Lipinski definition) is 6. The quantitative estimate of drug-likeness (QED) is 0.266. The van der Waals surface area contributed by atoms with Crippen molar-refractivity contribution in [1.82, 2.24) is 24.1 Å². The van der Waals surface area contributed by atoms with Gasteiger partial charge in [-0.05, 0) is 60.5 Å². The molecule has 0 aliphatic rings. The van der Waals surface area contributed by atoms with Gasteiger partial charge >= 0.3 is 5.56 Å². The molecule has 11 heteroatoms. The van der Waals surface area contributed by atoms with Crippen molar-refractivity contribution in [2.45, 2.75) is 19.5 Å². The zero-order valence-corrected chi connectivity index (χ0v) is 20.2. The number of nitrogens with zero attached hydrogens (tertiary/aromatic N) is 5. The first-order valence-electron chi connectivity index (χ1n) is 11.4. The Hall–Kier alpha value is -4.31. The van der Waals surface area contributed by atoms with E-state index in [1.807, 2.05) is 12.1 Å². The van der Waals surface area contributed by atoms with Crippen molar-refractivity contribution in [3.05, 3.63) is 99.9 Å². The lowest BCUT2D eigenvalue weighted by molar-refractivity contribution is 0.423. The standard InChI is InChI=1S/C26H21ClF2N6O2/c27-18-6-4-17(5-7-18)15-35-23-22(34(16-31-23)14-2-12-28)24(36)33-26(35)32-19-8-10-20(11-9-19)37-25-21(29)3-1-13-30-25/h1,3-11,13,16H,2,12,14-15H2,(H,32,33,36). The summed E-state index contributed by atoms with van der Waals surface area (Å²) in [5.74, 6) is -0.0424. The monoisotopic (exact) mass is 522 g/mol. The number of ether oxygens (including phenoxy) is 1. The van der Waals surface area contributed by atoms with Crippen LogP contribution < -0.4 is 15.6 Å². The predicted octanol–water partition coefficient (Wildman–Crippen LogP) is 5.72. The number of alkyl halides is 1. The fourth-order valence-corrected chi connectivity index (χ4v) is 3.93. The van der Waals surface area contributed by atoms with Crippen molar-refractivity contribution >= 4 is 34.4 Å². The molecule has 0 radical (unpaired) electrons. The highest BCUT2D eigenvalue weighted by Crippen LogP contribution is 2.25. The molecule has 2 aromatic carbocycles. The van der Waals surface area contributed by atoms with Gasteiger partial charge in [0.1, 0.15) is 5.75 Å². The van der Waals surface area contributed by atoms with Crippen LogP contribution in [0, 0.1) is 5.82 Å². The zero-order chi connectivity index (χ0) is 25.8. The van der Waals surface area contributed by atoms with Crippen LogP contribution in [0.3, 0.4) is 0 Å². The molecule has 0 bridgehead atoms. The summed E-state index contributed by atoms with van der Waals surface area (Å²) in [5, 5.41) is 3.77. The average Bonchev–Trinajstić information content (AvgIpc) is 3.33. The number of aryl methyl sites for hydroxylation is 1. The molecule has 8 nitrogen and oxygen atoms in total. The largest absolute Gasteiger partial charge is 0.436 e. The molecule has 3 aromatic heterocycles. The van der Waals surface area contributed by atoms with Crippen LogP contribution in [0.4, 0.5) is 20.4 Å². The molecule has 0 unspecified atom stereocenters. The Morgan fingerprint density at radius 1 is 1.03 bits per heavy atom. The highest BCUT2D eigenvalue weighted by molar-refractivity contribution is 6.30. The van der Waals surface area contributed by atoms with Crippen LogP contribution in [0.25, 0.3) is 11.2 Å². The maximum atomic E-state index is 13.8. The number of aromatic nitrogens is 5. The second kappa shape index (κ2) is 10.8. The van der Waals surface area contributed by atoms with Gasteiger partial charge in [-0.2, -0.15) is 4.98 Å². The van der Waals surface area contributed by atoms with Gasteiger partial charge in [0, 0.05) is 23.5 Å². The lowest BCUT2D eigenvalue weighted by atomic mass is 10.2. The molecule has 5 rings (SSSR count). The highest BCUT2D eigenvalue weighted by atomic mass is 35.5. The van der Waals surface area contributed by atoms with E-state index >= 15 is 0 Å². The molecule has 37 heavy (non-hydrogen) atoms. The van der Waals surface area contributed by atoms with Crippen molar-refractivity contribution in [3.8, 4) is 11.6 Å². The summed E-state index contributed by atoms with van der Waals surface area (Å²) in [6.45, 7) is 0.165. The van der Waals surface area contributed by atoms with E-state index in [0.29, 0.717) is 40.7 Å². The van der Waals surface area contributed by atoms with E-state index in [4.69, 9.17) is 16.3 Å². The van der Waals surface area contributed by atoms with Gasteiger partial charge in [-0.25, -0.2) is 14.4 Å². The minimum Gasteiger partial charge on any atom is -0.436 e. The van der Waals surface area contributed by atoms with Crippen LogP contribution in [-0.4, -0.2) is 30.8 Å². The Kier molecular flexibility index (Phi) is 7.09. The number of pyridine rings is 1. The Morgan fingerprint density at radius 3 is 2.54 bits per heavy atom. The molecule has 0 amide bonds. The van der Waals surface area contributed by atoms with Gasteiger partial charge in [0.25, 0.3) is 5.88 Å². The van der Waals surface area contributed by atoms with Crippen LogP contribution in [0.1, 0.15) is 12.0 Å². The first kappa shape index (κ1) is 24.4. The lowest BCUT2D eigenvalue weighted by Crippen LogP contribution is -2.20. The Bertz CT molecular complexity index is 1590. The third-order valence-electron chi connectivity index (χ3n) is 5.58. The number of nitrogens with one attached hydrogen (secondary N) is 1. The summed E-state index contributed by atoms with van der Waals surface area (Å²) in [5.41, 5.74) is 1.77. The predicted molar refractivity (Wildman–Crippen MR) is 137 cm³/mol. The van der Waals surface area contributed by atoms with Crippen molar-refractivity contribution in [3.63, 3.8) is 0 Å². The van der Waals surface area contributed by atoms with Gasteiger partial charge in [0.15, 0.2) is 17.0 Å². The summed E-state index contributed by atoms with van der Waals surface area (Å²) in [6, 6.07) is 16.7. The summed E-state index contributed by atoms with van der Waals surface area (Å²) in [4.78, 5) is 25.6. The molecule has 0 saturated heterocycles. The van der Waals surface area contributed by atoms with Gasteiger partial charge in [0.05, 0.1) is 19.5 Å². The van der Waals surface area contributed by atoms with E-state index in [1.165, 1.54) is 24.7 Å². The molecule has 3 heterocycles. The van der Waals surface area contributed by atoms with Gasteiger partial charge in [0.2, 0.25) is 5.95 Å². The molecule has 0 fully saturated rings. The number of halogens is 3. The maximum Gasteiger partial charge on any atom is 0.300 e. The van der Waals surface area contributed by atoms with Crippen LogP contribution in [0.15, 0.2) is 78.0 Å². The summed E-state index contributed by atoms with van der Waals surface area (Å²) < 4.78 is 35.5. The molecule has 0 aliphatic carbocycles. The number of rotatable bonds is 9. The lowest BCUT2D eigenvalue weighted by Gasteiger charge is -2.16. The van der Waals surface area contributed by atoms with E-state index in [2.05, 4.69) is 20.3 Å². The second-order valence-corrected chi connectivity index (χ2v) is 8.58. The third-order valence-corrected chi connectivity index (χ3v) is 5.83. The molecular formula is C26H21ClF2N6O2. The SMILES string of the molecule is O=c1nc(Nc2ccc(Oc3ncccc3F)cc2)n(Cc2ccc(Cl)cc2)c2ncn(CCCF)c12. The van der Waals surface area contributed by atoms with Crippen LogP contribution in [0.5, 0.6) is 11.6 Å². The van der Waals surface area contributed by atoms with E-state index in [9.17, 15) is 13.6 Å². The summed E-state index contributed by atoms with van der Waals surface area (Å²) in [7, 11) is 0. The van der Waals surface area contributed by atoms with Crippen LogP contribution in [-0.2, 0) is 13.1 Å². The maximum absolute atomic E-state index is 13.8. The first-order chi connectivity index (χ1) is 18.0. The molecule has 1 N–H and O–H groups in total. The van der Waals surface area contributed by atoms with E-state index in [-0.39, 0.29) is 18.2 Å². The molecule has 0 aliphatic heterocycles. The summed E-state index contributed by atoms with van der Waals surface area (Å²) >= 11 is 6.04. The van der Waals surface area contributed by atoms with Crippen LogP contribution >= 0.6 is 11.6 Å². The molecule has 0 saturated carbocycles. The van der Waals surface area contributed by atoms with Crippen molar-refractivity contribution in [2.24, 2.45) is 0 Å². The van der Waals surface area contributed by atoms with Crippen LogP contribution in [0.2, 0.25) is 5.02 Å². The summed E-state index contributed by atoms with van der Waals surface area (Å²) in [6.07, 6.45) is 3.22. The Labute approximate surface area is 215 Å². The molecule has 5 aromatic rings. The first-order valence-corrected chi connectivity index (χ1v) is 11.8. The topological polar surface area (TPSA) is 86.9 Å². The van der Waals surface area contributed by atoms with Crippen molar-refractivity contribution in [1.29, 1.82) is 0 Å². The number of hydrogen-bond donors (Lipinski definition) is 1. The van der Waals surface area contributed by atoms with Crippen molar-refractivity contribution in [2.75, 3.05) is 12.0 Å².